The summed E-state index contributed by atoms with van der Waals surface area (Å²) in [6, 6.07) is 0. The smallest absolute Gasteiger partial charge is 0.265 e. The van der Waals surface area contributed by atoms with E-state index in [1.54, 1.807) is 30.8 Å². The quantitative estimate of drug-likeness (QED) is 0.816. The molecule has 2 heterocycles. The highest BCUT2D eigenvalue weighted by Gasteiger charge is 2.23. The number of carbonyl (C=O) groups is 1. The summed E-state index contributed by atoms with van der Waals surface area (Å²) in [5.74, 6) is -0.0482. The van der Waals surface area contributed by atoms with E-state index in [1.807, 2.05) is 6.26 Å². The molecule has 1 atom stereocenters. The van der Waals surface area contributed by atoms with Crippen molar-refractivity contribution in [1.82, 2.24) is 4.90 Å². The zero-order chi connectivity index (χ0) is 14.7. The fraction of sp³-hybridized carbons (Fsp3) is 0.615. The van der Waals surface area contributed by atoms with Gasteiger partial charge in [0.05, 0.1) is 16.7 Å². The number of carbonyl (C=O) groups excluding carboxylic acids is 1. The van der Waals surface area contributed by atoms with Crippen LogP contribution in [0, 0.1) is 0 Å². The lowest BCUT2D eigenvalue weighted by Gasteiger charge is -2.11. The summed E-state index contributed by atoms with van der Waals surface area (Å²) in [6.07, 6.45) is 4.45. The van der Waals surface area contributed by atoms with E-state index in [9.17, 15) is 4.79 Å². The maximum absolute atomic E-state index is 12.1. The van der Waals surface area contributed by atoms with Gasteiger partial charge in [-0.05, 0) is 19.1 Å². The molecule has 0 bridgehead atoms. The first kappa shape index (κ1) is 15.5. The third-order valence-corrected chi connectivity index (χ3v) is 5.33. The Kier molecular flexibility index (Phi) is 5.17. The van der Waals surface area contributed by atoms with Crippen LogP contribution in [0.4, 0.5) is 10.7 Å². The molecule has 1 aliphatic heterocycles. The fourth-order valence-corrected chi connectivity index (χ4v) is 4.18. The number of ether oxygens (including phenoxy) is 1. The molecule has 0 radical (unpaired) electrons. The third kappa shape index (κ3) is 3.21. The Morgan fingerprint density at radius 3 is 2.90 bits per heavy atom. The van der Waals surface area contributed by atoms with E-state index in [-0.39, 0.29) is 12.0 Å². The normalized spacial score (nSPS) is 18.2. The average Bonchev–Trinajstić information content (AvgIpc) is 3.03. The van der Waals surface area contributed by atoms with E-state index in [0.29, 0.717) is 10.6 Å². The Labute approximate surface area is 127 Å². The number of amides is 1. The molecule has 3 N–H and O–H groups in total. The molecule has 0 spiro atoms. The summed E-state index contributed by atoms with van der Waals surface area (Å²) in [6.45, 7) is 1.61. The minimum atomic E-state index is -0.0482. The monoisotopic (exact) mass is 315 g/mol. The number of nitrogens with one attached hydrogen (secondary N) is 1. The summed E-state index contributed by atoms with van der Waals surface area (Å²) in [7, 11) is 3.47. The number of hydrogen-bond donors (Lipinski definition) is 2. The van der Waals surface area contributed by atoms with Crippen molar-refractivity contribution in [3.63, 3.8) is 0 Å². The number of rotatable bonds is 5. The van der Waals surface area contributed by atoms with Gasteiger partial charge in [-0.2, -0.15) is 0 Å². The van der Waals surface area contributed by atoms with Gasteiger partial charge in [-0.25, -0.2) is 0 Å². The third-order valence-electron chi connectivity index (χ3n) is 3.22. The van der Waals surface area contributed by atoms with E-state index in [0.717, 1.165) is 35.9 Å². The van der Waals surface area contributed by atoms with Gasteiger partial charge in [0.1, 0.15) is 9.88 Å². The first-order valence-corrected chi connectivity index (χ1v) is 8.62. The van der Waals surface area contributed by atoms with Gasteiger partial charge in [0.15, 0.2) is 0 Å². The molecule has 1 aromatic heterocycles. The summed E-state index contributed by atoms with van der Waals surface area (Å²) >= 11 is 2.99. The molecule has 1 aromatic rings. The number of nitrogens with zero attached hydrogens (tertiary/aromatic N) is 1. The minimum Gasteiger partial charge on any atom is -0.396 e. The summed E-state index contributed by atoms with van der Waals surface area (Å²) in [5, 5.41) is 4.35. The van der Waals surface area contributed by atoms with Crippen LogP contribution in [0.2, 0.25) is 0 Å². The maximum atomic E-state index is 12.1. The van der Waals surface area contributed by atoms with Gasteiger partial charge < -0.3 is 20.7 Å². The molecule has 0 saturated carbocycles. The fourth-order valence-electron chi connectivity index (χ4n) is 2.12. The molecule has 5 nitrogen and oxygen atoms in total. The molecule has 112 valence electrons. The Balaban J connectivity index is 2.14. The van der Waals surface area contributed by atoms with Crippen molar-refractivity contribution in [2.45, 2.75) is 23.8 Å². The van der Waals surface area contributed by atoms with Gasteiger partial charge in [0, 0.05) is 27.2 Å². The second kappa shape index (κ2) is 6.69. The molecule has 0 aliphatic carbocycles. The number of thiophene rings is 1. The van der Waals surface area contributed by atoms with Crippen LogP contribution in [-0.2, 0) is 4.74 Å². The maximum Gasteiger partial charge on any atom is 0.265 e. The van der Waals surface area contributed by atoms with Crippen molar-refractivity contribution >= 4 is 39.7 Å². The molecule has 20 heavy (non-hydrogen) atoms. The lowest BCUT2D eigenvalue weighted by molar-refractivity contribution is 0.0833. The molecular formula is C13H21N3O2S2. The number of hydrogen-bond acceptors (Lipinski definition) is 6. The predicted molar refractivity (Wildman–Crippen MR) is 86.0 cm³/mol. The van der Waals surface area contributed by atoms with Gasteiger partial charge in [-0.15, -0.1) is 23.1 Å². The van der Waals surface area contributed by atoms with Gasteiger partial charge in [-0.1, -0.05) is 0 Å². The Morgan fingerprint density at radius 1 is 1.60 bits per heavy atom. The second-order valence-electron chi connectivity index (χ2n) is 4.92. The van der Waals surface area contributed by atoms with Crippen LogP contribution in [0.25, 0.3) is 0 Å². The Hall–Kier alpha value is -0.920. The lowest BCUT2D eigenvalue weighted by Crippen LogP contribution is -2.21. The van der Waals surface area contributed by atoms with Crippen LogP contribution in [0.5, 0.6) is 0 Å². The number of nitrogen functional groups attached to an aromatic ring is 1. The van der Waals surface area contributed by atoms with Crippen LogP contribution in [0.15, 0.2) is 4.90 Å². The molecular weight excluding hydrogens is 294 g/mol. The predicted octanol–water partition coefficient (Wildman–Crippen LogP) is 2.34. The van der Waals surface area contributed by atoms with Crippen LogP contribution in [0.1, 0.15) is 22.5 Å². The summed E-state index contributed by atoms with van der Waals surface area (Å²) < 4.78 is 5.60. The van der Waals surface area contributed by atoms with Crippen LogP contribution < -0.4 is 11.1 Å². The number of nitrogens with two attached hydrogens (primary N) is 1. The highest BCUT2D eigenvalue weighted by atomic mass is 32.2. The van der Waals surface area contributed by atoms with Gasteiger partial charge in [-0.3, -0.25) is 4.79 Å². The van der Waals surface area contributed by atoms with Gasteiger partial charge in [0.2, 0.25) is 0 Å². The van der Waals surface area contributed by atoms with Crippen molar-refractivity contribution in [2.75, 3.05) is 44.6 Å². The van der Waals surface area contributed by atoms with Gasteiger partial charge >= 0.3 is 0 Å². The number of anilines is 2. The van der Waals surface area contributed by atoms with E-state index >= 15 is 0 Å². The first-order chi connectivity index (χ1) is 9.54. The Bertz CT molecular complexity index is 482. The lowest BCUT2D eigenvalue weighted by atomic mass is 10.2. The second-order valence-corrected chi connectivity index (χ2v) is 6.76. The number of thioether (sulfide) groups is 1. The molecule has 1 amide bonds. The van der Waals surface area contributed by atoms with E-state index in [2.05, 4.69) is 5.32 Å². The highest BCUT2D eigenvalue weighted by molar-refractivity contribution is 7.99. The summed E-state index contributed by atoms with van der Waals surface area (Å²) in [5.41, 5.74) is 6.69. The van der Waals surface area contributed by atoms with E-state index < -0.39 is 0 Å². The Morgan fingerprint density at radius 2 is 2.35 bits per heavy atom. The molecule has 1 unspecified atom stereocenters. The molecule has 1 aliphatic rings. The summed E-state index contributed by atoms with van der Waals surface area (Å²) in [4.78, 5) is 15.2. The van der Waals surface area contributed by atoms with E-state index in [1.165, 1.54) is 11.3 Å². The molecule has 0 aromatic carbocycles. The average molecular weight is 315 g/mol. The van der Waals surface area contributed by atoms with Crippen LogP contribution >= 0.6 is 23.1 Å². The minimum absolute atomic E-state index is 0.0482. The standard InChI is InChI=1S/C13H21N3O2S2/c1-16(2)13(17)11-9(14)10(19-3)12(20-11)15-7-8-5-4-6-18-8/h8,15H,4-7,14H2,1-3H3. The van der Waals surface area contributed by atoms with Crippen LogP contribution in [0.3, 0.4) is 0 Å². The van der Waals surface area contributed by atoms with Crippen LogP contribution in [-0.4, -0.2) is 50.4 Å². The zero-order valence-corrected chi connectivity index (χ0v) is 13.7. The van der Waals surface area contributed by atoms with Gasteiger partial charge in [0.25, 0.3) is 5.91 Å². The first-order valence-electron chi connectivity index (χ1n) is 6.58. The molecule has 1 saturated heterocycles. The van der Waals surface area contributed by atoms with E-state index in [4.69, 9.17) is 10.5 Å². The van der Waals surface area contributed by atoms with Crippen molar-refractivity contribution in [2.24, 2.45) is 0 Å². The molecule has 2 rings (SSSR count). The zero-order valence-electron chi connectivity index (χ0n) is 12.1. The highest BCUT2D eigenvalue weighted by Crippen LogP contribution is 2.42. The van der Waals surface area contributed by atoms with Crippen molar-refractivity contribution in [3.05, 3.63) is 4.88 Å². The SMILES string of the molecule is CSc1c(NCC2CCCO2)sc(C(=O)N(C)C)c1N. The van der Waals surface area contributed by atoms with Crippen molar-refractivity contribution in [3.8, 4) is 0 Å². The largest absolute Gasteiger partial charge is 0.396 e. The topological polar surface area (TPSA) is 67.6 Å². The molecule has 1 fully saturated rings. The van der Waals surface area contributed by atoms with Crippen molar-refractivity contribution < 1.29 is 9.53 Å². The van der Waals surface area contributed by atoms with Crippen molar-refractivity contribution in [1.29, 1.82) is 0 Å². The molecule has 7 heteroatoms.